The van der Waals surface area contributed by atoms with Crippen LogP contribution in [-0.2, 0) is 0 Å². The minimum atomic E-state index is -0.649. The molecule has 0 bridgehead atoms. The van der Waals surface area contributed by atoms with E-state index in [2.05, 4.69) is 13.2 Å². The van der Waals surface area contributed by atoms with Crippen LogP contribution in [-0.4, -0.2) is 7.85 Å². The van der Waals surface area contributed by atoms with E-state index in [1.54, 1.807) is 0 Å². The summed E-state index contributed by atoms with van der Waals surface area (Å²) in [5.74, 6) is -0.649. The van der Waals surface area contributed by atoms with Crippen LogP contribution in [0.2, 0.25) is 0 Å². The molecule has 2 radical (unpaired) electrons. The highest BCUT2D eigenvalue weighted by Crippen LogP contribution is 2.13. The molecule has 0 unspecified atom stereocenters. The van der Waals surface area contributed by atoms with E-state index in [9.17, 15) is 4.39 Å². The van der Waals surface area contributed by atoms with Gasteiger partial charge < -0.3 is 0 Å². The molecule has 0 aromatic rings. The molecule has 0 N–H and O–H groups in total. The van der Waals surface area contributed by atoms with Gasteiger partial charge in [0.15, 0.2) is 0 Å². The van der Waals surface area contributed by atoms with Crippen LogP contribution in [0.3, 0.4) is 0 Å². The Kier molecular flexibility index (Phi) is 3.32. The van der Waals surface area contributed by atoms with Crippen molar-refractivity contribution in [1.29, 1.82) is 0 Å². The molecule has 0 aliphatic carbocycles. The fourth-order valence-corrected chi connectivity index (χ4v) is 0.296. The Balaban J connectivity index is 4.17. The lowest BCUT2D eigenvalue weighted by Crippen LogP contribution is -1.75. The highest BCUT2D eigenvalue weighted by Gasteiger charge is 1.94. The van der Waals surface area contributed by atoms with Gasteiger partial charge in [-0.05, 0) is 6.08 Å². The molecular weight excluding hydrogens is 137 g/mol. The van der Waals surface area contributed by atoms with Crippen molar-refractivity contribution in [3.8, 4) is 0 Å². The van der Waals surface area contributed by atoms with Crippen LogP contribution in [0.15, 0.2) is 35.6 Å². The van der Waals surface area contributed by atoms with Gasteiger partial charge in [0.05, 0.1) is 5.03 Å². The number of allylic oxidation sites excluding steroid dienone is 4. The molecule has 0 nitrogen and oxygen atoms in total. The zero-order valence-corrected chi connectivity index (χ0v) is 5.58. The SMILES string of the molecule is [B]C(=C)/C=C(/F)C(=C)Cl. The summed E-state index contributed by atoms with van der Waals surface area (Å²) in [6.07, 6.45) is 1.01. The van der Waals surface area contributed by atoms with Gasteiger partial charge in [-0.15, -0.1) is 12.1 Å². The topological polar surface area (TPSA) is 0 Å². The number of halogens is 2. The Labute approximate surface area is 60.1 Å². The van der Waals surface area contributed by atoms with Gasteiger partial charge >= 0.3 is 0 Å². The lowest BCUT2D eigenvalue weighted by Gasteiger charge is -1.90. The lowest BCUT2D eigenvalue weighted by molar-refractivity contribution is 0.663. The van der Waals surface area contributed by atoms with Crippen LogP contribution >= 0.6 is 11.6 Å². The van der Waals surface area contributed by atoms with Gasteiger partial charge in [0.1, 0.15) is 13.7 Å². The first-order chi connectivity index (χ1) is 4.04. The van der Waals surface area contributed by atoms with Crippen molar-refractivity contribution in [1.82, 2.24) is 0 Å². The van der Waals surface area contributed by atoms with Gasteiger partial charge in [-0.2, -0.15) is 0 Å². The predicted molar refractivity (Wildman–Crippen MR) is 39.1 cm³/mol. The van der Waals surface area contributed by atoms with Crippen molar-refractivity contribution in [3.05, 3.63) is 35.6 Å². The molecule has 46 valence electrons. The zero-order chi connectivity index (χ0) is 7.44. The Morgan fingerprint density at radius 1 is 1.56 bits per heavy atom. The quantitative estimate of drug-likeness (QED) is 0.410. The van der Waals surface area contributed by atoms with Crippen LogP contribution in [0.5, 0.6) is 0 Å². The molecule has 0 fully saturated rings. The summed E-state index contributed by atoms with van der Waals surface area (Å²) >= 11 is 5.14. The van der Waals surface area contributed by atoms with Crippen molar-refractivity contribution in [2.24, 2.45) is 0 Å². The third kappa shape index (κ3) is 4.04. The van der Waals surface area contributed by atoms with Gasteiger partial charge in [0.2, 0.25) is 0 Å². The summed E-state index contributed by atoms with van der Waals surface area (Å²) in [7, 11) is 5.02. The Hall–Kier alpha value is -0.495. The van der Waals surface area contributed by atoms with E-state index in [1.165, 1.54) is 0 Å². The molecule has 0 spiro atoms. The van der Waals surface area contributed by atoms with Gasteiger partial charge in [0.25, 0.3) is 0 Å². The van der Waals surface area contributed by atoms with Crippen LogP contribution in [0.1, 0.15) is 0 Å². The summed E-state index contributed by atoms with van der Waals surface area (Å²) in [5, 5.41) is -0.165. The third-order valence-corrected chi connectivity index (χ3v) is 0.752. The van der Waals surface area contributed by atoms with Crippen LogP contribution in [0.25, 0.3) is 0 Å². The molecule has 0 saturated heterocycles. The smallest absolute Gasteiger partial charge is 0.140 e. The van der Waals surface area contributed by atoms with E-state index in [0.717, 1.165) is 6.08 Å². The van der Waals surface area contributed by atoms with E-state index in [4.69, 9.17) is 19.4 Å². The van der Waals surface area contributed by atoms with Gasteiger partial charge in [-0.25, -0.2) is 4.39 Å². The van der Waals surface area contributed by atoms with Crippen LogP contribution in [0, 0.1) is 0 Å². The molecule has 0 aromatic heterocycles. The minimum absolute atomic E-state index is 0.120. The van der Waals surface area contributed by atoms with Gasteiger partial charge in [-0.3, -0.25) is 0 Å². The Morgan fingerprint density at radius 2 is 2.00 bits per heavy atom. The molecular formula is C6H5BClF. The average Bonchev–Trinajstić information content (AvgIpc) is 1.63. The summed E-state index contributed by atoms with van der Waals surface area (Å²) in [6.45, 7) is 6.37. The molecule has 0 saturated carbocycles. The summed E-state index contributed by atoms with van der Waals surface area (Å²) < 4.78 is 12.3. The zero-order valence-electron chi connectivity index (χ0n) is 4.82. The summed E-state index contributed by atoms with van der Waals surface area (Å²) in [6, 6.07) is 0. The second kappa shape index (κ2) is 3.52. The Bertz CT molecular complexity index is 172. The fraction of sp³-hybridized carbons (Fsp3) is 0. The maximum atomic E-state index is 12.3. The first kappa shape index (κ1) is 8.50. The predicted octanol–water partition coefficient (Wildman–Crippen LogP) is 2.27. The average molecular weight is 142 g/mol. The van der Waals surface area contributed by atoms with E-state index in [1.807, 2.05) is 0 Å². The van der Waals surface area contributed by atoms with E-state index >= 15 is 0 Å². The van der Waals surface area contributed by atoms with Crippen LogP contribution in [0.4, 0.5) is 4.39 Å². The summed E-state index contributed by atoms with van der Waals surface area (Å²) in [4.78, 5) is 0. The van der Waals surface area contributed by atoms with Crippen molar-refractivity contribution in [3.63, 3.8) is 0 Å². The normalized spacial score (nSPS) is 11.1. The lowest BCUT2D eigenvalue weighted by atomic mass is 9.97. The van der Waals surface area contributed by atoms with Gasteiger partial charge in [-0.1, -0.05) is 18.2 Å². The number of hydrogen-bond donors (Lipinski definition) is 0. The van der Waals surface area contributed by atoms with Crippen molar-refractivity contribution in [2.45, 2.75) is 0 Å². The molecule has 0 aliphatic heterocycles. The summed E-state index contributed by atoms with van der Waals surface area (Å²) in [5.41, 5.74) is 0.120. The van der Waals surface area contributed by atoms with Gasteiger partial charge in [0, 0.05) is 0 Å². The minimum Gasteiger partial charge on any atom is -0.205 e. The number of hydrogen-bond acceptors (Lipinski definition) is 0. The largest absolute Gasteiger partial charge is 0.205 e. The molecule has 0 atom stereocenters. The molecule has 0 rings (SSSR count). The van der Waals surface area contributed by atoms with Crippen molar-refractivity contribution >= 4 is 19.4 Å². The number of rotatable bonds is 2. The molecule has 0 aromatic carbocycles. The molecule has 0 aliphatic rings. The molecule has 9 heavy (non-hydrogen) atoms. The van der Waals surface area contributed by atoms with E-state index < -0.39 is 5.83 Å². The maximum Gasteiger partial charge on any atom is 0.140 e. The van der Waals surface area contributed by atoms with Crippen LogP contribution < -0.4 is 0 Å². The van der Waals surface area contributed by atoms with Crippen molar-refractivity contribution < 1.29 is 4.39 Å². The van der Waals surface area contributed by atoms with E-state index in [0.29, 0.717) is 0 Å². The highest BCUT2D eigenvalue weighted by molar-refractivity contribution is 6.31. The third-order valence-electron chi connectivity index (χ3n) is 0.571. The first-order valence-electron chi connectivity index (χ1n) is 2.20. The molecule has 3 heteroatoms. The molecule has 0 amide bonds. The first-order valence-corrected chi connectivity index (χ1v) is 2.58. The second-order valence-corrected chi connectivity index (χ2v) is 1.93. The van der Waals surface area contributed by atoms with E-state index in [-0.39, 0.29) is 10.5 Å². The molecule has 0 heterocycles. The standard InChI is InChI=1S/C6H5BClF/c1-4(7)3-6(9)5(2)8/h3H,1-2H2/b6-3+. The monoisotopic (exact) mass is 142 g/mol. The van der Waals surface area contributed by atoms with Crippen molar-refractivity contribution in [2.75, 3.05) is 0 Å². The fourth-order valence-electron chi connectivity index (χ4n) is 0.241. The maximum absolute atomic E-state index is 12.3. The Morgan fingerprint density at radius 3 is 2.11 bits per heavy atom. The second-order valence-electron chi connectivity index (χ2n) is 1.47. The highest BCUT2D eigenvalue weighted by atomic mass is 35.5.